The molecule has 1 saturated heterocycles. The Labute approximate surface area is 218 Å². The highest BCUT2D eigenvalue weighted by atomic mass is 32.2. The van der Waals surface area contributed by atoms with Crippen molar-refractivity contribution >= 4 is 57.6 Å². The third-order valence-electron chi connectivity index (χ3n) is 5.12. The summed E-state index contributed by atoms with van der Waals surface area (Å²) in [6.45, 7) is 4.00. The molecule has 3 aromatic rings. The first kappa shape index (κ1) is 25.4. The smallest absolute Gasteiger partial charge is 0.270 e. The maximum Gasteiger partial charge on any atom is 0.270 e. The van der Waals surface area contributed by atoms with E-state index in [9.17, 15) is 14.0 Å². The van der Waals surface area contributed by atoms with E-state index in [1.807, 2.05) is 38.1 Å². The number of ether oxygens (including phenoxy) is 2. The fourth-order valence-corrected chi connectivity index (χ4v) is 4.74. The van der Waals surface area contributed by atoms with Gasteiger partial charge in [0.15, 0.2) is 22.4 Å². The number of hydrogen-bond donors (Lipinski definition) is 1. The van der Waals surface area contributed by atoms with Gasteiger partial charge in [0.1, 0.15) is 5.82 Å². The van der Waals surface area contributed by atoms with Gasteiger partial charge in [0, 0.05) is 5.69 Å². The molecule has 9 heteroatoms. The number of halogens is 1. The van der Waals surface area contributed by atoms with E-state index in [4.69, 9.17) is 21.7 Å². The van der Waals surface area contributed by atoms with Gasteiger partial charge in [-0.2, -0.15) is 0 Å². The van der Waals surface area contributed by atoms with Crippen LogP contribution in [0, 0.1) is 12.7 Å². The second-order valence-corrected chi connectivity index (χ2v) is 9.51. The highest BCUT2D eigenvalue weighted by molar-refractivity contribution is 8.27. The Morgan fingerprint density at radius 2 is 1.86 bits per heavy atom. The molecule has 0 aliphatic carbocycles. The summed E-state index contributed by atoms with van der Waals surface area (Å²) in [5.41, 5.74) is 2.85. The Morgan fingerprint density at radius 1 is 1.08 bits per heavy atom. The zero-order valence-corrected chi connectivity index (χ0v) is 21.3. The Hall–Kier alpha value is -3.69. The zero-order valence-electron chi connectivity index (χ0n) is 19.6. The molecule has 3 aromatic carbocycles. The lowest BCUT2D eigenvalue weighted by Gasteiger charge is -2.14. The number of aryl methyl sites for hydroxylation is 1. The van der Waals surface area contributed by atoms with Crippen molar-refractivity contribution in [3.63, 3.8) is 0 Å². The summed E-state index contributed by atoms with van der Waals surface area (Å²) in [4.78, 5) is 27.0. The van der Waals surface area contributed by atoms with Gasteiger partial charge in [-0.3, -0.25) is 14.5 Å². The van der Waals surface area contributed by atoms with Crippen molar-refractivity contribution in [1.82, 2.24) is 0 Å². The third-order valence-corrected chi connectivity index (χ3v) is 6.42. The van der Waals surface area contributed by atoms with Crippen LogP contribution in [-0.4, -0.2) is 29.3 Å². The van der Waals surface area contributed by atoms with Crippen LogP contribution >= 0.6 is 24.0 Å². The molecule has 1 aliphatic heterocycles. The molecular weight excluding hydrogens is 499 g/mol. The average Bonchev–Trinajstić information content (AvgIpc) is 3.12. The molecule has 1 aliphatic rings. The Balaban J connectivity index is 1.47. The Kier molecular flexibility index (Phi) is 8.02. The van der Waals surface area contributed by atoms with Gasteiger partial charge >= 0.3 is 0 Å². The van der Waals surface area contributed by atoms with Crippen LogP contribution in [-0.2, 0) is 9.59 Å². The molecule has 36 heavy (non-hydrogen) atoms. The van der Waals surface area contributed by atoms with Crippen molar-refractivity contribution < 1.29 is 23.5 Å². The van der Waals surface area contributed by atoms with E-state index in [2.05, 4.69) is 5.32 Å². The SMILES string of the molecule is CCOc1cc(/C=C2/SC(=S)N(c3cccc(F)c3)C2=O)ccc1OCC(=O)Nc1ccc(C)cc1. The molecule has 1 fully saturated rings. The number of amides is 2. The van der Waals surface area contributed by atoms with Crippen molar-refractivity contribution in [1.29, 1.82) is 0 Å². The summed E-state index contributed by atoms with van der Waals surface area (Å²) < 4.78 is 25.4. The molecule has 0 unspecified atom stereocenters. The lowest BCUT2D eigenvalue weighted by Crippen LogP contribution is -2.27. The van der Waals surface area contributed by atoms with Crippen LogP contribution in [0.1, 0.15) is 18.1 Å². The summed E-state index contributed by atoms with van der Waals surface area (Å²) in [5, 5.41) is 2.79. The minimum Gasteiger partial charge on any atom is -0.490 e. The lowest BCUT2D eigenvalue weighted by atomic mass is 10.1. The van der Waals surface area contributed by atoms with E-state index in [0.29, 0.717) is 44.3 Å². The van der Waals surface area contributed by atoms with Gasteiger partial charge in [-0.05, 0) is 68.0 Å². The molecule has 0 radical (unpaired) electrons. The van der Waals surface area contributed by atoms with Crippen LogP contribution in [0.2, 0.25) is 0 Å². The number of benzene rings is 3. The first-order valence-corrected chi connectivity index (χ1v) is 12.4. The molecular formula is C27H23FN2O4S2. The normalized spacial score (nSPS) is 14.3. The summed E-state index contributed by atoms with van der Waals surface area (Å²) in [7, 11) is 0. The van der Waals surface area contributed by atoms with Crippen molar-refractivity contribution in [3.8, 4) is 11.5 Å². The summed E-state index contributed by atoms with van der Waals surface area (Å²) >= 11 is 6.50. The number of nitrogens with one attached hydrogen (secondary N) is 1. The number of carbonyl (C=O) groups excluding carboxylic acids is 2. The minimum atomic E-state index is -0.449. The van der Waals surface area contributed by atoms with Crippen molar-refractivity contribution in [2.75, 3.05) is 23.4 Å². The number of hydrogen-bond acceptors (Lipinski definition) is 6. The van der Waals surface area contributed by atoms with Gasteiger partial charge in [-0.15, -0.1) is 0 Å². The molecule has 184 valence electrons. The predicted molar refractivity (Wildman–Crippen MR) is 145 cm³/mol. The van der Waals surface area contributed by atoms with Crippen LogP contribution in [0.15, 0.2) is 71.6 Å². The number of rotatable bonds is 8. The summed E-state index contributed by atoms with van der Waals surface area (Å²) in [6.07, 6.45) is 1.69. The molecule has 1 N–H and O–H groups in total. The summed E-state index contributed by atoms with van der Waals surface area (Å²) in [6, 6.07) is 18.4. The summed E-state index contributed by atoms with van der Waals surface area (Å²) in [5.74, 6) is -0.238. The van der Waals surface area contributed by atoms with Gasteiger partial charge < -0.3 is 14.8 Å². The van der Waals surface area contributed by atoms with Crippen LogP contribution in [0.5, 0.6) is 11.5 Å². The Bertz CT molecular complexity index is 1340. The predicted octanol–water partition coefficient (Wildman–Crippen LogP) is 5.96. The lowest BCUT2D eigenvalue weighted by molar-refractivity contribution is -0.118. The maximum absolute atomic E-state index is 13.7. The van der Waals surface area contributed by atoms with Crippen molar-refractivity contribution in [2.45, 2.75) is 13.8 Å². The highest BCUT2D eigenvalue weighted by Gasteiger charge is 2.33. The van der Waals surface area contributed by atoms with Gasteiger partial charge in [0.2, 0.25) is 0 Å². The first-order chi connectivity index (χ1) is 17.3. The first-order valence-electron chi connectivity index (χ1n) is 11.1. The molecule has 0 saturated carbocycles. The average molecular weight is 523 g/mol. The second kappa shape index (κ2) is 11.4. The molecule has 6 nitrogen and oxygen atoms in total. The molecule has 0 aromatic heterocycles. The van der Waals surface area contributed by atoms with Crippen molar-refractivity contribution in [3.05, 3.63) is 88.6 Å². The topological polar surface area (TPSA) is 67.9 Å². The molecule has 0 atom stereocenters. The molecule has 2 amide bonds. The van der Waals surface area contributed by atoms with E-state index in [1.54, 1.807) is 30.3 Å². The molecule has 0 bridgehead atoms. The Morgan fingerprint density at radius 3 is 2.58 bits per heavy atom. The fraction of sp³-hybridized carbons (Fsp3) is 0.148. The number of nitrogens with zero attached hydrogens (tertiary/aromatic N) is 1. The highest BCUT2D eigenvalue weighted by Crippen LogP contribution is 2.37. The minimum absolute atomic E-state index is 0.195. The van der Waals surface area contributed by atoms with E-state index in [-0.39, 0.29) is 18.4 Å². The van der Waals surface area contributed by atoms with Crippen LogP contribution < -0.4 is 19.7 Å². The van der Waals surface area contributed by atoms with Gasteiger partial charge in [0.05, 0.1) is 17.2 Å². The number of thiocarbonyl (C=S) groups is 1. The van der Waals surface area contributed by atoms with Gasteiger partial charge in [0.25, 0.3) is 11.8 Å². The number of thioether (sulfide) groups is 1. The number of carbonyl (C=O) groups is 2. The quantitative estimate of drug-likeness (QED) is 0.291. The van der Waals surface area contributed by atoms with Gasteiger partial charge in [-0.1, -0.05) is 53.8 Å². The fourth-order valence-electron chi connectivity index (χ4n) is 3.44. The standard InChI is InChI=1S/C27H23FN2O4S2/c1-3-33-23-13-18(9-12-22(23)34-16-25(31)29-20-10-7-17(2)8-11-20)14-24-26(32)30(27(35)36-24)21-6-4-5-19(28)15-21/h4-15H,3,16H2,1-2H3,(H,29,31)/b24-14+. The van der Waals surface area contributed by atoms with E-state index < -0.39 is 5.82 Å². The van der Waals surface area contributed by atoms with Gasteiger partial charge in [-0.25, -0.2) is 4.39 Å². The second-order valence-electron chi connectivity index (χ2n) is 7.84. The molecule has 0 spiro atoms. The third kappa shape index (κ3) is 6.10. The van der Waals surface area contributed by atoms with Crippen molar-refractivity contribution in [2.24, 2.45) is 0 Å². The monoisotopic (exact) mass is 522 g/mol. The molecule has 1 heterocycles. The van der Waals surface area contributed by atoms with E-state index >= 15 is 0 Å². The molecule has 4 rings (SSSR count). The van der Waals surface area contributed by atoms with Crippen LogP contribution in [0.25, 0.3) is 6.08 Å². The van der Waals surface area contributed by atoms with E-state index in [0.717, 1.165) is 17.3 Å². The maximum atomic E-state index is 13.7. The van der Waals surface area contributed by atoms with Crippen LogP contribution in [0.4, 0.5) is 15.8 Å². The largest absolute Gasteiger partial charge is 0.490 e. The van der Waals surface area contributed by atoms with E-state index in [1.165, 1.54) is 23.1 Å². The number of anilines is 2. The van der Waals surface area contributed by atoms with Crippen LogP contribution in [0.3, 0.4) is 0 Å². The zero-order chi connectivity index (χ0) is 25.7.